The van der Waals surface area contributed by atoms with E-state index in [-0.39, 0.29) is 12.0 Å². The van der Waals surface area contributed by atoms with Gasteiger partial charge in [0, 0.05) is 18.2 Å². The van der Waals surface area contributed by atoms with Crippen LogP contribution >= 0.6 is 0 Å². The van der Waals surface area contributed by atoms with Crippen LogP contribution in [0, 0.1) is 0 Å². The van der Waals surface area contributed by atoms with E-state index in [1.54, 1.807) is 7.11 Å². The first-order chi connectivity index (χ1) is 14.1. The lowest BCUT2D eigenvalue weighted by molar-refractivity contribution is 0.0525. The Kier molecular flexibility index (Phi) is 7.04. The van der Waals surface area contributed by atoms with Gasteiger partial charge in [0.15, 0.2) is 0 Å². The monoisotopic (exact) mass is 389 g/mol. The molecule has 29 heavy (non-hydrogen) atoms. The van der Waals surface area contributed by atoms with Gasteiger partial charge >= 0.3 is 5.97 Å². The summed E-state index contributed by atoms with van der Waals surface area (Å²) in [5.74, 6) is 0.496. The highest BCUT2D eigenvalue weighted by Crippen LogP contribution is 2.31. The number of methoxy groups -OCH3 is 1. The number of hydrogen-bond donors (Lipinski definition) is 1. The molecule has 4 heteroatoms. The van der Waals surface area contributed by atoms with Crippen molar-refractivity contribution < 1.29 is 14.3 Å². The SMILES string of the molecule is CCOC(=O)c1ccc(-c2ccccc2OC)cc1CN[C@H](C)c1ccccc1. The number of carbonyl (C=O) groups is 1. The Hall–Kier alpha value is -3.11. The quantitative estimate of drug-likeness (QED) is 0.525. The maximum Gasteiger partial charge on any atom is 0.338 e. The van der Waals surface area contributed by atoms with Crippen LogP contribution in [0.1, 0.15) is 41.4 Å². The molecule has 0 saturated heterocycles. The second-order valence-electron chi connectivity index (χ2n) is 6.81. The van der Waals surface area contributed by atoms with E-state index in [1.165, 1.54) is 5.56 Å². The molecule has 4 nitrogen and oxygen atoms in total. The molecule has 1 N–H and O–H groups in total. The summed E-state index contributed by atoms with van der Waals surface area (Å²) in [6, 6.07) is 24.1. The lowest BCUT2D eigenvalue weighted by Gasteiger charge is -2.17. The van der Waals surface area contributed by atoms with Gasteiger partial charge in [0.2, 0.25) is 0 Å². The highest BCUT2D eigenvalue weighted by Gasteiger charge is 2.16. The van der Waals surface area contributed by atoms with Crippen molar-refractivity contribution in [2.24, 2.45) is 0 Å². The minimum Gasteiger partial charge on any atom is -0.496 e. The van der Waals surface area contributed by atoms with Crippen molar-refractivity contribution in [1.29, 1.82) is 0 Å². The van der Waals surface area contributed by atoms with Crippen molar-refractivity contribution >= 4 is 5.97 Å². The molecule has 3 rings (SSSR count). The molecule has 0 saturated carbocycles. The van der Waals surface area contributed by atoms with Gasteiger partial charge in [-0.15, -0.1) is 0 Å². The van der Waals surface area contributed by atoms with Crippen LogP contribution in [0.15, 0.2) is 72.8 Å². The number of esters is 1. The van der Waals surface area contributed by atoms with E-state index < -0.39 is 0 Å². The molecule has 0 spiro atoms. The van der Waals surface area contributed by atoms with Crippen molar-refractivity contribution in [3.05, 3.63) is 89.5 Å². The fraction of sp³-hybridized carbons (Fsp3) is 0.240. The van der Waals surface area contributed by atoms with Gasteiger partial charge in [-0.3, -0.25) is 0 Å². The van der Waals surface area contributed by atoms with Crippen LogP contribution in [0.5, 0.6) is 5.75 Å². The molecule has 0 aliphatic carbocycles. The number of hydrogen-bond acceptors (Lipinski definition) is 4. The zero-order valence-electron chi connectivity index (χ0n) is 17.1. The molecule has 0 heterocycles. The third kappa shape index (κ3) is 5.04. The molecular formula is C25H27NO3. The van der Waals surface area contributed by atoms with E-state index >= 15 is 0 Å². The molecule has 0 aliphatic heterocycles. The third-order valence-corrected chi connectivity index (χ3v) is 4.92. The van der Waals surface area contributed by atoms with Gasteiger partial charge < -0.3 is 14.8 Å². The maximum atomic E-state index is 12.5. The second kappa shape index (κ2) is 9.89. The number of benzene rings is 3. The van der Waals surface area contributed by atoms with Crippen LogP contribution in [0.2, 0.25) is 0 Å². The van der Waals surface area contributed by atoms with Gasteiger partial charge in [0.25, 0.3) is 0 Å². The molecule has 0 aromatic heterocycles. The van der Waals surface area contributed by atoms with Gasteiger partial charge in [-0.25, -0.2) is 4.79 Å². The molecule has 3 aromatic rings. The van der Waals surface area contributed by atoms with Gasteiger partial charge in [-0.1, -0.05) is 54.6 Å². The van der Waals surface area contributed by atoms with E-state index in [0.717, 1.165) is 22.4 Å². The Balaban J connectivity index is 1.92. The van der Waals surface area contributed by atoms with Crippen LogP contribution in [0.3, 0.4) is 0 Å². The summed E-state index contributed by atoms with van der Waals surface area (Å²) in [6.45, 7) is 4.83. The summed E-state index contributed by atoms with van der Waals surface area (Å²) in [7, 11) is 1.66. The molecule has 150 valence electrons. The molecule has 0 unspecified atom stereocenters. The average Bonchev–Trinajstić information content (AvgIpc) is 2.78. The van der Waals surface area contributed by atoms with Crippen molar-refractivity contribution in [2.45, 2.75) is 26.4 Å². The van der Waals surface area contributed by atoms with Crippen molar-refractivity contribution in [3.63, 3.8) is 0 Å². The first kappa shape index (κ1) is 20.6. The van der Waals surface area contributed by atoms with E-state index in [4.69, 9.17) is 9.47 Å². The summed E-state index contributed by atoms with van der Waals surface area (Å²) < 4.78 is 10.8. The van der Waals surface area contributed by atoms with Gasteiger partial charge in [-0.05, 0) is 48.7 Å². The van der Waals surface area contributed by atoms with Crippen LogP contribution in [0.25, 0.3) is 11.1 Å². The Labute approximate surface area is 172 Å². The topological polar surface area (TPSA) is 47.6 Å². The third-order valence-electron chi connectivity index (χ3n) is 4.92. The lowest BCUT2D eigenvalue weighted by Crippen LogP contribution is -2.20. The van der Waals surface area contributed by atoms with Crippen LogP contribution in [0.4, 0.5) is 0 Å². The van der Waals surface area contributed by atoms with Crippen LogP contribution in [-0.4, -0.2) is 19.7 Å². The fourth-order valence-electron chi connectivity index (χ4n) is 3.32. The van der Waals surface area contributed by atoms with Crippen LogP contribution < -0.4 is 10.1 Å². The van der Waals surface area contributed by atoms with Crippen molar-refractivity contribution in [3.8, 4) is 16.9 Å². The number of rotatable bonds is 8. The Morgan fingerprint density at radius 3 is 2.45 bits per heavy atom. The number of ether oxygens (including phenoxy) is 2. The van der Waals surface area contributed by atoms with Gasteiger partial charge in [0.1, 0.15) is 5.75 Å². The highest BCUT2D eigenvalue weighted by atomic mass is 16.5. The number of carbonyl (C=O) groups excluding carboxylic acids is 1. The zero-order valence-corrected chi connectivity index (χ0v) is 17.1. The molecule has 0 aliphatic rings. The smallest absolute Gasteiger partial charge is 0.338 e. The first-order valence-electron chi connectivity index (χ1n) is 9.85. The van der Waals surface area contributed by atoms with Crippen molar-refractivity contribution in [2.75, 3.05) is 13.7 Å². The van der Waals surface area contributed by atoms with Gasteiger partial charge in [0.05, 0.1) is 19.3 Å². The van der Waals surface area contributed by atoms with E-state index in [1.807, 2.05) is 67.6 Å². The molecular weight excluding hydrogens is 362 g/mol. The number of para-hydroxylation sites is 1. The molecule has 0 fully saturated rings. The van der Waals surface area contributed by atoms with Crippen LogP contribution in [-0.2, 0) is 11.3 Å². The minimum atomic E-state index is -0.303. The first-order valence-corrected chi connectivity index (χ1v) is 9.85. The molecule has 0 radical (unpaired) electrons. The largest absolute Gasteiger partial charge is 0.496 e. The second-order valence-corrected chi connectivity index (χ2v) is 6.81. The molecule has 3 aromatic carbocycles. The molecule has 0 bridgehead atoms. The summed E-state index contributed by atoms with van der Waals surface area (Å²) >= 11 is 0. The van der Waals surface area contributed by atoms with E-state index in [0.29, 0.717) is 18.7 Å². The highest BCUT2D eigenvalue weighted by molar-refractivity contribution is 5.92. The van der Waals surface area contributed by atoms with E-state index in [2.05, 4.69) is 24.4 Å². The number of nitrogens with one attached hydrogen (secondary N) is 1. The standard InChI is InChI=1S/C25H27NO3/c1-4-29-25(27)23-15-14-20(22-12-8-9-13-24(22)28-3)16-21(23)17-26-18(2)19-10-6-5-7-11-19/h5-16,18,26H,4,17H2,1-3H3/t18-/m1/s1. The minimum absolute atomic E-state index is 0.154. The van der Waals surface area contributed by atoms with Gasteiger partial charge in [-0.2, -0.15) is 0 Å². The predicted molar refractivity (Wildman–Crippen MR) is 116 cm³/mol. The fourth-order valence-corrected chi connectivity index (χ4v) is 3.32. The zero-order chi connectivity index (χ0) is 20.6. The Bertz CT molecular complexity index is 953. The maximum absolute atomic E-state index is 12.5. The normalized spacial score (nSPS) is 11.7. The summed E-state index contributed by atoms with van der Waals surface area (Å²) in [5, 5.41) is 3.52. The molecule has 0 amide bonds. The van der Waals surface area contributed by atoms with E-state index in [9.17, 15) is 4.79 Å². The summed E-state index contributed by atoms with van der Waals surface area (Å²) in [6.07, 6.45) is 0. The summed E-state index contributed by atoms with van der Waals surface area (Å²) in [5.41, 5.74) is 4.67. The van der Waals surface area contributed by atoms with Crippen molar-refractivity contribution in [1.82, 2.24) is 5.32 Å². The predicted octanol–water partition coefficient (Wildman–Crippen LogP) is 5.39. The molecule has 1 atom stereocenters. The Morgan fingerprint density at radius 2 is 1.72 bits per heavy atom. The lowest BCUT2D eigenvalue weighted by atomic mass is 9.98. The Morgan fingerprint density at radius 1 is 1.00 bits per heavy atom. The summed E-state index contributed by atoms with van der Waals surface area (Å²) in [4.78, 5) is 12.5. The average molecular weight is 389 g/mol.